The van der Waals surface area contributed by atoms with Gasteiger partial charge in [-0.05, 0) is 31.5 Å². The minimum Gasteiger partial charge on any atom is -0.392 e. The van der Waals surface area contributed by atoms with Crippen molar-refractivity contribution in [1.82, 2.24) is 9.97 Å². The number of rotatable bonds is 3. The van der Waals surface area contributed by atoms with Crippen LogP contribution in [0.3, 0.4) is 0 Å². The van der Waals surface area contributed by atoms with E-state index in [9.17, 15) is 5.11 Å². The highest BCUT2D eigenvalue weighted by Crippen LogP contribution is 2.19. The predicted octanol–water partition coefficient (Wildman–Crippen LogP) is 1.73. The molecule has 0 bridgehead atoms. The fourth-order valence-electron chi connectivity index (χ4n) is 1.55. The Balaban J connectivity index is 2.38. The van der Waals surface area contributed by atoms with Crippen molar-refractivity contribution in [1.29, 1.82) is 0 Å². The van der Waals surface area contributed by atoms with Crippen LogP contribution in [-0.4, -0.2) is 27.7 Å². The molecule has 2 N–H and O–H groups in total. The molecule has 0 spiro atoms. The van der Waals surface area contributed by atoms with Gasteiger partial charge in [-0.15, -0.1) is 0 Å². The van der Waals surface area contributed by atoms with E-state index >= 15 is 0 Å². The van der Waals surface area contributed by atoms with E-state index in [1.54, 1.807) is 6.92 Å². The third-order valence-corrected chi connectivity index (χ3v) is 2.36. The van der Waals surface area contributed by atoms with Crippen molar-refractivity contribution in [2.45, 2.75) is 20.0 Å². The Bertz CT molecular complexity index is 497. The standard InChI is InChI=1S/C12H15N3O/c1-8-3-4-10-11(5-8)14-7-15-12(10)13-6-9(2)16/h3-5,7,9,16H,6H2,1-2H3,(H,13,14,15). The first kappa shape index (κ1) is 10.8. The minimum atomic E-state index is -0.393. The molecule has 0 fully saturated rings. The number of nitrogens with one attached hydrogen (secondary N) is 1. The van der Waals surface area contributed by atoms with E-state index in [0.717, 1.165) is 16.7 Å². The number of hydrogen-bond donors (Lipinski definition) is 2. The van der Waals surface area contributed by atoms with E-state index in [2.05, 4.69) is 15.3 Å². The summed E-state index contributed by atoms with van der Waals surface area (Å²) in [6.07, 6.45) is 1.14. The second-order valence-electron chi connectivity index (χ2n) is 3.97. The number of benzene rings is 1. The van der Waals surface area contributed by atoms with E-state index in [4.69, 9.17) is 0 Å². The average molecular weight is 217 g/mol. The lowest BCUT2D eigenvalue weighted by molar-refractivity contribution is 0.208. The van der Waals surface area contributed by atoms with Gasteiger partial charge < -0.3 is 10.4 Å². The number of nitrogens with zero attached hydrogens (tertiary/aromatic N) is 2. The monoisotopic (exact) mass is 217 g/mol. The minimum absolute atomic E-state index is 0.393. The Morgan fingerprint density at radius 2 is 2.19 bits per heavy atom. The maximum Gasteiger partial charge on any atom is 0.137 e. The van der Waals surface area contributed by atoms with E-state index in [-0.39, 0.29) is 0 Å². The molecule has 16 heavy (non-hydrogen) atoms. The van der Waals surface area contributed by atoms with Crippen LogP contribution in [0.5, 0.6) is 0 Å². The molecule has 84 valence electrons. The Morgan fingerprint density at radius 3 is 2.94 bits per heavy atom. The Kier molecular flexibility index (Phi) is 3.01. The number of hydrogen-bond acceptors (Lipinski definition) is 4. The van der Waals surface area contributed by atoms with Crippen molar-refractivity contribution >= 4 is 16.7 Å². The lowest BCUT2D eigenvalue weighted by Gasteiger charge is -2.09. The van der Waals surface area contributed by atoms with Crippen molar-refractivity contribution < 1.29 is 5.11 Å². The molecule has 1 aromatic carbocycles. The molecule has 1 atom stereocenters. The average Bonchev–Trinajstić information content (AvgIpc) is 2.25. The third kappa shape index (κ3) is 2.28. The van der Waals surface area contributed by atoms with Gasteiger partial charge in [-0.3, -0.25) is 0 Å². The highest BCUT2D eigenvalue weighted by molar-refractivity contribution is 5.89. The van der Waals surface area contributed by atoms with Gasteiger partial charge in [-0.2, -0.15) is 0 Å². The fraction of sp³-hybridized carbons (Fsp3) is 0.333. The van der Waals surface area contributed by atoms with Crippen molar-refractivity contribution in [2.75, 3.05) is 11.9 Å². The molecule has 0 saturated carbocycles. The number of aliphatic hydroxyl groups excluding tert-OH is 1. The van der Waals surface area contributed by atoms with Crippen molar-refractivity contribution in [3.05, 3.63) is 30.1 Å². The molecule has 2 rings (SSSR count). The van der Waals surface area contributed by atoms with Crippen molar-refractivity contribution in [2.24, 2.45) is 0 Å². The molecule has 0 radical (unpaired) electrons. The zero-order chi connectivity index (χ0) is 11.5. The van der Waals surface area contributed by atoms with Gasteiger partial charge in [0.05, 0.1) is 11.6 Å². The Morgan fingerprint density at radius 1 is 1.38 bits per heavy atom. The summed E-state index contributed by atoms with van der Waals surface area (Å²) in [7, 11) is 0. The lowest BCUT2D eigenvalue weighted by Crippen LogP contribution is -2.16. The molecular weight excluding hydrogens is 202 g/mol. The van der Waals surface area contributed by atoms with Crippen LogP contribution in [0.15, 0.2) is 24.5 Å². The summed E-state index contributed by atoms with van der Waals surface area (Å²) in [6.45, 7) is 4.25. The first-order valence-corrected chi connectivity index (χ1v) is 5.30. The summed E-state index contributed by atoms with van der Waals surface area (Å²) < 4.78 is 0. The van der Waals surface area contributed by atoms with Crippen LogP contribution in [0.4, 0.5) is 5.82 Å². The molecule has 0 aliphatic heterocycles. The van der Waals surface area contributed by atoms with Gasteiger partial charge in [0.15, 0.2) is 0 Å². The molecule has 4 nitrogen and oxygen atoms in total. The first-order chi connectivity index (χ1) is 7.66. The number of aliphatic hydroxyl groups is 1. The molecule has 1 heterocycles. The van der Waals surface area contributed by atoms with Gasteiger partial charge >= 0.3 is 0 Å². The molecule has 1 unspecified atom stereocenters. The van der Waals surface area contributed by atoms with Crippen LogP contribution in [0, 0.1) is 6.92 Å². The van der Waals surface area contributed by atoms with Crippen molar-refractivity contribution in [3.63, 3.8) is 0 Å². The van der Waals surface area contributed by atoms with Crippen LogP contribution in [0.2, 0.25) is 0 Å². The van der Waals surface area contributed by atoms with Gasteiger partial charge in [0.25, 0.3) is 0 Å². The largest absolute Gasteiger partial charge is 0.392 e. The third-order valence-electron chi connectivity index (χ3n) is 2.36. The SMILES string of the molecule is Cc1ccc2c(NCC(C)O)ncnc2c1. The topological polar surface area (TPSA) is 58.0 Å². The van der Waals surface area contributed by atoms with Crippen LogP contribution in [0.1, 0.15) is 12.5 Å². The van der Waals surface area contributed by atoms with Crippen LogP contribution in [-0.2, 0) is 0 Å². The molecule has 0 aliphatic carbocycles. The smallest absolute Gasteiger partial charge is 0.137 e. The van der Waals surface area contributed by atoms with E-state index < -0.39 is 6.10 Å². The number of fused-ring (bicyclic) bond motifs is 1. The summed E-state index contributed by atoms with van der Waals surface area (Å²) in [5.74, 6) is 0.769. The number of anilines is 1. The molecular formula is C12H15N3O. The fourth-order valence-corrected chi connectivity index (χ4v) is 1.55. The van der Waals surface area contributed by atoms with E-state index in [0.29, 0.717) is 6.54 Å². The van der Waals surface area contributed by atoms with Crippen LogP contribution in [0.25, 0.3) is 10.9 Å². The normalized spacial score (nSPS) is 12.7. The van der Waals surface area contributed by atoms with Crippen LogP contribution < -0.4 is 5.32 Å². The van der Waals surface area contributed by atoms with Gasteiger partial charge in [-0.25, -0.2) is 9.97 Å². The maximum absolute atomic E-state index is 9.22. The molecule has 0 amide bonds. The molecule has 4 heteroatoms. The summed E-state index contributed by atoms with van der Waals surface area (Å²) in [6, 6.07) is 6.04. The summed E-state index contributed by atoms with van der Waals surface area (Å²) >= 11 is 0. The predicted molar refractivity (Wildman–Crippen MR) is 64.4 cm³/mol. The molecule has 1 aromatic heterocycles. The summed E-state index contributed by atoms with van der Waals surface area (Å²) in [5, 5.41) is 13.3. The second-order valence-corrected chi connectivity index (χ2v) is 3.97. The lowest BCUT2D eigenvalue weighted by atomic mass is 10.1. The Hall–Kier alpha value is -1.68. The van der Waals surface area contributed by atoms with E-state index in [1.165, 1.54) is 11.9 Å². The van der Waals surface area contributed by atoms with Gasteiger partial charge in [-0.1, -0.05) is 6.07 Å². The quantitative estimate of drug-likeness (QED) is 0.822. The summed E-state index contributed by atoms with van der Waals surface area (Å²) in [4.78, 5) is 8.39. The molecule has 0 aliphatic rings. The molecule has 2 aromatic rings. The van der Waals surface area contributed by atoms with Crippen LogP contribution >= 0.6 is 0 Å². The van der Waals surface area contributed by atoms with Gasteiger partial charge in [0, 0.05) is 11.9 Å². The zero-order valence-corrected chi connectivity index (χ0v) is 9.44. The van der Waals surface area contributed by atoms with E-state index in [1.807, 2.05) is 25.1 Å². The highest BCUT2D eigenvalue weighted by atomic mass is 16.3. The number of aryl methyl sites for hydroxylation is 1. The Labute approximate surface area is 94.4 Å². The van der Waals surface area contributed by atoms with Crippen molar-refractivity contribution in [3.8, 4) is 0 Å². The summed E-state index contributed by atoms with van der Waals surface area (Å²) in [5.41, 5.74) is 2.09. The second kappa shape index (κ2) is 4.45. The first-order valence-electron chi connectivity index (χ1n) is 5.30. The molecule has 0 saturated heterocycles. The van der Waals surface area contributed by atoms with Gasteiger partial charge in [0.2, 0.25) is 0 Å². The highest BCUT2D eigenvalue weighted by Gasteiger charge is 2.04. The maximum atomic E-state index is 9.22. The zero-order valence-electron chi connectivity index (χ0n) is 9.44. The van der Waals surface area contributed by atoms with Gasteiger partial charge in [0.1, 0.15) is 12.1 Å². The number of aromatic nitrogens is 2.